The maximum atomic E-state index is 9.59. The SMILES string of the molecule is CC1CCN(C(CO)Cc2cc(Cl)cc(C#N)c2)C1.CNc1ccc(OC)cc1. The van der Waals surface area contributed by atoms with E-state index >= 15 is 0 Å². The highest BCUT2D eigenvalue weighted by Gasteiger charge is 2.25. The maximum absolute atomic E-state index is 9.59. The first-order valence-electron chi connectivity index (χ1n) is 9.85. The Balaban J connectivity index is 0.000000253. The number of rotatable bonds is 6. The third-order valence-corrected chi connectivity index (χ3v) is 5.34. The number of hydrogen-bond donors (Lipinski definition) is 2. The number of halogens is 1. The minimum Gasteiger partial charge on any atom is -0.497 e. The zero-order chi connectivity index (χ0) is 21.2. The van der Waals surface area contributed by atoms with Crippen molar-refractivity contribution in [2.24, 2.45) is 5.92 Å². The van der Waals surface area contributed by atoms with Gasteiger partial charge in [-0.05, 0) is 73.3 Å². The average Bonchev–Trinajstić information content (AvgIpc) is 3.18. The Labute approximate surface area is 178 Å². The minimum absolute atomic E-state index is 0.120. The first kappa shape index (κ1) is 23.0. The summed E-state index contributed by atoms with van der Waals surface area (Å²) < 4.78 is 4.99. The minimum atomic E-state index is 0.120. The third kappa shape index (κ3) is 7.25. The highest BCUT2D eigenvalue weighted by Crippen LogP contribution is 2.22. The Morgan fingerprint density at radius 1 is 1.31 bits per heavy atom. The van der Waals surface area contributed by atoms with Crippen LogP contribution in [0.15, 0.2) is 42.5 Å². The van der Waals surface area contributed by atoms with E-state index in [0.717, 1.165) is 36.5 Å². The molecule has 0 saturated carbocycles. The van der Waals surface area contributed by atoms with E-state index in [1.165, 1.54) is 6.42 Å². The Morgan fingerprint density at radius 2 is 2.03 bits per heavy atom. The molecule has 0 aliphatic carbocycles. The number of ether oxygens (including phenoxy) is 1. The molecule has 1 aliphatic rings. The van der Waals surface area contributed by atoms with Crippen molar-refractivity contribution in [3.8, 4) is 11.8 Å². The number of methoxy groups -OCH3 is 1. The van der Waals surface area contributed by atoms with Gasteiger partial charge in [-0.2, -0.15) is 5.26 Å². The third-order valence-electron chi connectivity index (χ3n) is 5.12. The second-order valence-electron chi connectivity index (χ2n) is 7.37. The van der Waals surface area contributed by atoms with Crippen molar-refractivity contribution < 1.29 is 9.84 Å². The van der Waals surface area contributed by atoms with Crippen LogP contribution in [0, 0.1) is 17.2 Å². The molecule has 1 heterocycles. The fraction of sp³-hybridized carbons (Fsp3) is 0.435. The molecule has 3 rings (SSSR count). The molecule has 2 unspecified atom stereocenters. The highest BCUT2D eigenvalue weighted by molar-refractivity contribution is 6.30. The molecule has 2 aromatic carbocycles. The molecule has 0 radical (unpaired) electrons. The summed E-state index contributed by atoms with van der Waals surface area (Å²) >= 11 is 6.01. The lowest BCUT2D eigenvalue weighted by atomic mass is 10.0. The molecule has 2 atom stereocenters. The molecule has 2 aromatic rings. The summed E-state index contributed by atoms with van der Waals surface area (Å²) in [6, 6.07) is 15.4. The molecule has 5 nitrogen and oxygen atoms in total. The number of nitrogens with one attached hydrogen (secondary N) is 1. The van der Waals surface area contributed by atoms with E-state index in [0.29, 0.717) is 16.5 Å². The van der Waals surface area contributed by atoms with Crippen LogP contribution in [0.2, 0.25) is 5.02 Å². The lowest BCUT2D eigenvalue weighted by Crippen LogP contribution is -2.37. The second-order valence-corrected chi connectivity index (χ2v) is 7.80. The number of hydrogen-bond acceptors (Lipinski definition) is 5. The van der Waals surface area contributed by atoms with Crippen molar-refractivity contribution in [3.05, 3.63) is 58.6 Å². The molecular weight excluding hydrogens is 386 g/mol. The van der Waals surface area contributed by atoms with Crippen LogP contribution >= 0.6 is 11.6 Å². The molecule has 1 fully saturated rings. The predicted molar refractivity (Wildman–Crippen MR) is 119 cm³/mol. The number of aliphatic hydroxyl groups excluding tert-OH is 1. The molecule has 6 heteroatoms. The van der Waals surface area contributed by atoms with Crippen LogP contribution in [0.3, 0.4) is 0 Å². The lowest BCUT2D eigenvalue weighted by molar-refractivity contribution is 0.142. The van der Waals surface area contributed by atoms with E-state index in [4.69, 9.17) is 21.6 Å². The highest BCUT2D eigenvalue weighted by atomic mass is 35.5. The zero-order valence-corrected chi connectivity index (χ0v) is 18.1. The van der Waals surface area contributed by atoms with Gasteiger partial charge >= 0.3 is 0 Å². The normalized spacial score (nSPS) is 17.0. The van der Waals surface area contributed by atoms with Gasteiger partial charge in [-0.3, -0.25) is 4.90 Å². The Bertz CT molecular complexity index is 782. The summed E-state index contributed by atoms with van der Waals surface area (Å²) in [5.74, 6) is 1.59. The van der Waals surface area contributed by atoms with Crippen molar-refractivity contribution in [2.75, 3.05) is 39.2 Å². The Hall–Kier alpha value is -2.26. The van der Waals surface area contributed by atoms with Gasteiger partial charge in [0.15, 0.2) is 0 Å². The maximum Gasteiger partial charge on any atom is 0.119 e. The number of aliphatic hydroxyl groups is 1. The van der Waals surface area contributed by atoms with E-state index in [-0.39, 0.29) is 12.6 Å². The molecule has 0 spiro atoms. The number of likely N-dealkylation sites (tertiary alicyclic amines) is 1. The number of nitrogens with zero attached hydrogens (tertiary/aromatic N) is 2. The Kier molecular flexibility index (Phi) is 9.27. The van der Waals surface area contributed by atoms with Crippen LogP contribution in [0.4, 0.5) is 5.69 Å². The summed E-state index contributed by atoms with van der Waals surface area (Å²) in [7, 11) is 3.55. The number of nitriles is 1. The van der Waals surface area contributed by atoms with Gasteiger partial charge in [0.2, 0.25) is 0 Å². The van der Waals surface area contributed by atoms with Gasteiger partial charge in [0, 0.05) is 30.3 Å². The predicted octanol–water partition coefficient (Wildman–Crippen LogP) is 4.19. The molecule has 0 bridgehead atoms. The van der Waals surface area contributed by atoms with Gasteiger partial charge < -0.3 is 15.2 Å². The van der Waals surface area contributed by atoms with Gasteiger partial charge in [-0.1, -0.05) is 18.5 Å². The van der Waals surface area contributed by atoms with Crippen LogP contribution in [-0.4, -0.2) is 49.9 Å². The average molecular weight is 416 g/mol. The van der Waals surface area contributed by atoms with Crippen LogP contribution in [0.25, 0.3) is 0 Å². The van der Waals surface area contributed by atoms with E-state index in [9.17, 15) is 5.11 Å². The molecule has 156 valence electrons. The number of benzene rings is 2. The molecule has 1 aliphatic heterocycles. The standard InChI is InChI=1S/C15H19ClN2O.C8H11NO/c1-11-2-3-18(9-11)15(10-19)7-12-4-13(8-17)6-14(16)5-12;1-9-7-3-5-8(10-2)6-4-7/h4-6,11,15,19H,2-3,7,9-10H2,1H3;3-6,9H,1-2H3. The largest absolute Gasteiger partial charge is 0.497 e. The van der Waals surface area contributed by atoms with Crippen molar-refractivity contribution in [2.45, 2.75) is 25.8 Å². The van der Waals surface area contributed by atoms with Crippen molar-refractivity contribution in [3.63, 3.8) is 0 Å². The van der Waals surface area contributed by atoms with E-state index in [2.05, 4.69) is 23.2 Å². The second kappa shape index (κ2) is 11.7. The zero-order valence-electron chi connectivity index (χ0n) is 17.4. The van der Waals surface area contributed by atoms with E-state index in [1.54, 1.807) is 13.2 Å². The Morgan fingerprint density at radius 3 is 2.55 bits per heavy atom. The summed E-state index contributed by atoms with van der Waals surface area (Å²) in [4.78, 5) is 2.33. The van der Waals surface area contributed by atoms with Crippen molar-refractivity contribution >= 4 is 17.3 Å². The van der Waals surface area contributed by atoms with Crippen molar-refractivity contribution in [1.82, 2.24) is 4.90 Å². The number of anilines is 1. The molecule has 2 N–H and O–H groups in total. The van der Waals surface area contributed by atoms with Gasteiger partial charge in [0.25, 0.3) is 0 Å². The lowest BCUT2D eigenvalue weighted by Gasteiger charge is -2.26. The molecule has 29 heavy (non-hydrogen) atoms. The topological polar surface area (TPSA) is 68.5 Å². The van der Waals surface area contributed by atoms with E-state index < -0.39 is 0 Å². The first-order valence-corrected chi connectivity index (χ1v) is 10.2. The van der Waals surface area contributed by atoms with Gasteiger partial charge in [-0.25, -0.2) is 0 Å². The van der Waals surface area contributed by atoms with E-state index in [1.807, 2.05) is 43.4 Å². The monoisotopic (exact) mass is 415 g/mol. The smallest absolute Gasteiger partial charge is 0.119 e. The summed E-state index contributed by atoms with van der Waals surface area (Å²) in [6.45, 7) is 4.46. The molecule has 0 aromatic heterocycles. The summed E-state index contributed by atoms with van der Waals surface area (Å²) in [6.07, 6.45) is 1.92. The van der Waals surface area contributed by atoms with Crippen LogP contribution < -0.4 is 10.1 Å². The van der Waals surface area contributed by atoms with Gasteiger partial charge in [0.05, 0.1) is 25.3 Å². The fourth-order valence-electron chi connectivity index (χ4n) is 3.47. The molecule has 0 amide bonds. The summed E-state index contributed by atoms with van der Waals surface area (Å²) in [5.41, 5.74) is 2.69. The van der Waals surface area contributed by atoms with Crippen LogP contribution in [0.5, 0.6) is 5.75 Å². The van der Waals surface area contributed by atoms with Gasteiger partial charge in [-0.15, -0.1) is 0 Å². The van der Waals surface area contributed by atoms with Crippen LogP contribution in [-0.2, 0) is 6.42 Å². The quantitative estimate of drug-likeness (QED) is 0.740. The van der Waals surface area contributed by atoms with Crippen LogP contribution in [0.1, 0.15) is 24.5 Å². The summed E-state index contributed by atoms with van der Waals surface area (Å²) in [5, 5.41) is 22.2. The molecular formula is C23H30ClN3O2. The first-order chi connectivity index (χ1) is 14.0. The fourth-order valence-corrected chi connectivity index (χ4v) is 3.73. The van der Waals surface area contributed by atoms with Crippen molar-refractivity contribution in [1.29, 1.82) is 5.26 Å². The molecule has 1 saturated heterocycles. The van der Waals surface area contributed by atoms with Gasteiger partial charge in [0.1, 0.15) is 5.75 Å².